The van der Waals surface area contributed by atoms with Crippen LogP contribution in [0.1, 0.15) is 67.8 Å². The van der Waals surface area contributed by atoms with E-state index in [1.165, 1.54) is 6.42 Å². The van der Waals surface area contributed by atoms with Gasteiger partial charge in [-0.25, -0.2) is 0 Å². The smallest absolute Gasteiger partial charge is 0.253 e. The number of nitrogens with one attached hydrogen (secondary N) is 1. The van der Waals surface area contributed by atoms with Gasteiger partial charge in [0.1, 0.15) is 0 Å². The number of carbonyl (C=O) groups excluding carboxylic acids is 2. The van der Waals surface area contributed by atoms with E-state index < -0.39 is 0 Å². The van der Waals surface area contributed by atoms with Crippen LogP contribution < -0.4 is 11.1 Å². The molecule has 2 unspecified atom stereocenters. The molecule has 4 rings (SSSR count). The van der Waals surface area contributed by atoms with E-state index in [4.69, 9.17) is 5.73 Å². The number of carbonyl (C=O) groups is 2. The number of nitrogens with zero attached hydrogens (tertiary/aromatic N) is 1. The number of piperidine rings is 1. The highest BCUT2D eigenvalue weighted by molar-refractivity contribution is 5.97. The Balaban J connectivity index is 0.00000256. The van der Waals surface area contributed by atoms with Crippen molar-refractivity contribution < 1.29 is 9.59 Å². The maximum absolute atomic E-state index is 12.9. The van der Waals surface area contributed by atoms with E-state index in [2.05, 4.69) is 12.2 Å². The van der Waals surface area contributed by atoms with E-state index in [9.17, 15) is 9.59 Å². The van der Waals surface area contributed by atoms with Crippen molar-refractivity contribution in [3.05, 3.63) is 29.3 Å². The fourth-order valence-electron chi connectivity index (χ4n) is 5.57. The van der Waals surface area contributed by atoms with Crippen LogP contribution in [0.25, 0.3) is 0 Å². The van der Waals surface area contributed by atoms with E-state index in [1.807, 2.05) is 30.0 Å². The molecule has 3 N–H and O–H groups in total. The van der Waals surface area contributed by atoms with Gasteiger partial charge in [-0.2, -0.15) is 0 Å². The van der Waals surface area contributed by atoms with Crippen molar-refractivity contribution in [2.75, 3.05) is 18.4 Å². The minimum Gasteiger partial charge on any atom is -0.339 e. The summed E-state index contributed by atoms with van der Waals surface area (Å²) < 4.78 is 0. The standard InChI is InChI=1S/C24H35N3O2.ClH/c1-15-8-10-27(11-9-15)24(29)19-6-7-21(16(2)12-19)26-23(28)20-13-17-4-3-5-18(14-20)22(17)25;/h6-7,12,15,17-18,20,22H,3-5,8-11,13-14,25H2,1-2H3,(H,26,28);1H. The van der Waals surface area contributed by atoms with Crippen molar-refractivity contribution >= 4 is 29.9 Å². The van der Waals surface area contributed by atoms with Gasteiger partial charge in [0.25, 0.3) is 5.91 Å². The Kier molecular flexibility index (Phi) is 7.46. The molecule has 6 heteroatoms. The Labute approximate surface area is 186 Å². The molecule has 2 amide bonds. The van der Waals surface area contributed by atoms with Gasteiger partial charge in [-0.1, -0.05) is 13.3 Å². The molecule has 0 spiro atoms. The molecule has 1 heterocycles. The lowest BCUT2D eigenvalue weighted by atomic mass is 9.65. The SMILES string of the molecule is Cc1cc(C(=O)N2CCC(C)CC2)ccc1NC(=O)C1CC2CCCC(C1)C2N.Cl. The Morgan fingerprint density at radius 3 is 2.30 bits per heavy atom. The third-order valence-corrected chi connectivity index (χ3v) is 7.59. The third-order valence-electron chi connectivity index (χ3n) is 7.59. The normalized spacial score (nSPS) is 29.1. The van der Waals surface area contributed by atoms with Crippen molar-refractivity contribution in [1.82, 2.24) is 4.90 Å². The Morgan fingerprint density at radius 1 is 1.07 bits per heavy atom. The van der Waals surface area contributed by atoms with Gasteiger partial charge in [0, 0.05) is 36.3 Å². The van der Waals surface area contributed by atoms with E-state index in [0.29, 0.717) is 23.3 Å². The Hall–Kier alpha value is -1.59. The Morgan fingerprint density at radius 2 is 1.70 bits per heavy atom. The summed E-state index contributed by atoms with van der Waals surface area (Å²) in [4.78, 5) is 27.7. The number of halogens is 1. The van der Waals surface area contributed by atoms with Crippen LogP contribution in [0.15, 0.2) is 18.2 Å². The van der Waals surface area contributed by atoms with Gasteiger partial charge >= 0.3 is 0 Å². The summed E-state index contributed by atoms with van der Waals surface area (Å²) in [5, 5.41) is 3.13. The number of likely N-dealkylation sites (tertiary alicyclic amines) is 1. The first-order valence-electron chi connectivity index (χ1n) is 11.4. The number of anilines is 1. The van der Waals surface area contributed by atoms with E-state index in [-0.39, 0.29) is 36.2 Å². The predicted octanol–water partition coefficient (Wildman–Crippen LogP) is 4.38. The first-order chi connectivity index (χ1) is 13.9. The highest BCUT2D eigenvalue weighted by Gasteiger charge is 2.40. The molecule has 30 heavy (non-hydrogen) atoms. The van der Waals surface area contributed by atoms with Gasteiger partial charge in [0.05, 0.1) is 0 Å². The summed E-state index contributed by atoms with van der Waals surface area (Å²) in [6, 6.07) is 5.94. The topological polar surface area (TPSA) is 75.4 Å². The number of rotatable bonds is 3. The number of benzene rings is 1. The van der Waals surface area contributed by atoms with Crippen LogP contribution in [-0.4, -0.2) is 35.8 Å². The van der Waals surface area contributed by atoms with Crippen molar-refractivity contribution in [1.29, 1.82) is 0 Å². The molecule has 3 fully saturated rings. The summed E-state index contributed by atoms with van der Waals surface area (Å²) >= 11 is 0. The van der Waals surface area contributed by atoms with Gasteiger partial charge in [-0.15, -0.1) is 12.4 Å². The predicted molar refractivity (Wildman–Crippen MR) is 123 cm³/mol. The van der Waals surface area contributed by atoms with Crippen molar-refractivity contribution in [2.45, 2.75) is 64.8 Å². The fourth-order valence-corrected chi connectivity index (χ4v) is 5.57. The minimum atomic E-state index is 0. The molecule has 0 aromatic heterocycles. The zero-order valence-electron chi connectivity index (χ0n) is 18.2. The number of aryl methyl sites for hydroxylation is 1. The summed E-state index contributed by atoms with van der Waals surface area (Å²) in [5.41, 5.74) is 8.85. The molecule has 1 saturated heterocycles. The highest BCUT2D eigenvalue weighted by atomic mass is 35.5. The molecular weight excluding hydrogens is 398 g/mol. The molecule has 5 nitrogen and oxygen atoms in total. The number of fused-ring (bicyclic) bond motifs is 2. The lowest BCUT2D eigenvalue weighted by Gasteiger charge is -2.43. The van der Waals surface area contributed by atoms with E-state index in [0.717, 1.165) is 62.9 Å². The molecule has 1 aromatic carbocycles. The first-order valence-corrected chi connectivity index (χ1v) is 11.4. The fraction of sp³-hybridized carbons (Fsp3) is 0.667. The third kappa shape index (κ3) is 4.83. The summed E-state index contributed by atoms with van der Waals surface area (Å²) in [5.74, 6) is 1.96. The second-order valence-corrected chi connectivity index (χ2v) is 9.69. The Bertz CT molecular complexity index is 762. The molecular formula is C24H36ClN3O2. The molecule has 2 aliphatic carbocycles. The monoisotopic (exact) mass is 433 g/mol. The van der Waals surface area contributed by atoms with Gasteiger partial charge in [0.15, 0.2) is 0 Å². The molecule has 3 aliphatic rings. The van der Waals surface area contributed by atoms with Crippen molar-refractivity contribution in [3.63, 3.8) is 0 Å². The lowest BCUT2D eigenvalue weighted by Crippen LogP contribution is -2.48. The summed E-state index contributed by atoms with van der Waals surface area (Å²) in [6.45, 7) is 5.89. The van der Waals surface area contributed by atoms with Crippen LogP contribution in [0, 0.1) is 30.6 Å². The minimum absolute atomic E-state index is 0. The second-order valence-electron chi connectivity index (χ2n) is 9.69. The second kappa shape index (κ2) is 9.69. The van der Waals surface area contributed by atoms with Crippen LogP contribution in [0.4, 0.5) is 5.69 Å². The van der Waals surface area contributed by atoms with Crippen LogP contribution in [0.3, 0.4) is 0 Å². The number of hydrogen-bond donors (Lipinski definition) is 2. The molecule has 0 radical (unpaired) electrons. The van der Waals surface area contributed by atoms with Gasteiger partial charge in [0.2, 0.25) is 5.91 Å². The van der Waals surface area contributed by atoms with Gasteiger partial charge < -0.3 is 16.0 Å². The largest absolute Gasteiger partial charge is 0.339 e. The summed E-state index contributed by atoms with van der Waals surface area (Å²) in [7, 11) is 0. The van der Waals surface area contributed by atoms with Crippen LogP contribution in [0.5, 0.6) is 0 Å². The molecule has 1 aliphatic heterocycles. The average Bonchev–Trinajstić information content (AvgIpc) is 2.69. The number of nitrogens with two attached hydrogens (primary N) is 1. The molecule has 2 saturated carbocycles. The van der Waals surface area contributed by atoms with Crippen molar-refractivity contribution in [3.8, 4) is 0 Å². The lowest BCUT2D eigenvalue weighted by molar-refractivity contribution is -0.122. The van der Waals surface area contributed by atoms with E-state index >= 15 is 0 Å². The molecule has 2 bridgehead atoms. The van der Waals surface area contributed by atoms with E-state index in [1.54, 1.807) is 0 Å². The molecule has 2 atom stereocenters. The summed E-state index contributed by atoms with van der Waals surface area (Å²) in [6.07, 6.45) is 7.54. The van der Waals surface area contributed by atoms with Gasteiger partial charge in [-0.05, 0) is 87.0 Å². The highest BCUT2D eigenvalue weighted by Crippen LogP contribution is 2.42. The number of hydrogen-bond acceptors (Lipinski definition) is 3. The average molecular weight is 434 g/mol. The van der Waals surface area contributed by atoms with Gasteiger partial charge in [-0.3, -0.25) is 9.59 Å². The quantitative estimate of drug-likeness (QED) is 0.742. The number of amides is 2. The molecule has 1 aromatic rings. The van der Waals surface area contributed by atoms with Crippen LogP contribution >= 0.6 is 12.4 Å². The zero-order chi connectivity index (χ0) is 20.5. The zero-order valence-corrected chi connectivity index (χ0v) is 19.0. The van der Waals surface area contributed by atoms with Crippen LogP contribution in [-0.2, 0) is 4.79 Å². The molecule has 166 valence electrons. The maximum atomic E-state index is 12.9. The maximum Gasteiger partial charge on any atom is 0.253 e. The van der Waals surface area contributed by atoms with Crippen molar-refractivity contribution in [2.24, 2.45) is 29.4 Å². The first kappa shape index (κ1) is 23.1. The van der Waals surface area contributed by atoms with Crippen LogP contribution in [0.2, 0.25) is 0 Å².